The molecular formula is C23H13BrClN3S. The van der Waals surface area contributed by atoms with Gasteiger partial charge in [0.1, 0.15) is 0 Å². The van der Waals surface area contributed by atoms with Crippen LogP contribution in [0.2, 0.25) is 5.02 Å². The van der Waals surface area contributed by atoms with Crippen LogP contribution in [0.1, 0.15) is 5.56 Å². The summed E-state index contributed by atoms with van der Waals surface area (Å²) in [6, 6.07) is 22.0. The predicted molar refractivity (Wildman–Crippen MR) is 127 cm³/mol. The van der Waals surface area contributed by atoms with E-state index in [1.165, 1.54) is 11.3 Å². The van der Waals surface area contributed by atoms with Gasteiger partial charge in [-0.1, -0.05) is 63.9 Å². The molecular weight excluding hydrogens is 466 g/mol. The molecule has 0 saturated carbocycles. The number of halogens is 2. The number of nitrogens with zero attached hydrogens (tertiary/aromatic N) is 3. The van der Waals surface area contributed by atoms with Crippen LogP contribution in [0.15, 0.2) is 81.6 Å². The van der Waals surface area contributed by atoms with E-state index in [-0.39, 0.29) is 0 Å². The van der Waals surface area contributed by atoms with Gasteiger partial charge in [-0.3, -0.25) is 0 Å². The van der Waals surface area contributed by atoms with E-state index in [2.05, 4.69) is 25.9 Å². The minimum atomic E-state index is 0.700. The van der Waals surface area contributed by atoms with Gasteiger partial charge in [-0.25, -0.2) is 15.0 Å². The number of hydrogen-bond donors (Lipinski definition) is 0. The van der Waals surface area contributed by atoms with Crippen LogP contribution in [-0.2, 0) is 0 Å². The third-order valence-electron chi connectivity index (χ3n) is 4.58. The molecule has 3 aromatic carbocycles. The fourth-order valence-corrected chi connectivity index (χ4v) is 4.48. The van der Waals surface area contributed by atoms with E-state index in [1.807, 2.05) is 78.3 Å². The topological polar surface area (TPSA) is 38.1 Å². The monoisotopic (exact) mass is 477 g/mol. The van der Waals surface area contributed by atoms with Crippen LogP contribution >= 0.6 is 38.9 Å². The molecule has 0 aliphatic carbocycles. The second-order valence-electron chi connectivity index (χ2n) is 6.50. The van der Waals surface area contributed by atoms with Crippen molar-refractivity contribution in [1.82, 2.24) is 9.97 Å². The van der Waals surface area contributed by atoms with Crippen LogP contribution in [0.25, 0.3) is 33.1 Å². The zero-order chi connectivity index (χ0) is 19.8. The van der Waals surface area contributed by atoms with Crippen molar-refractivity contribution in [2.45, 2.75) is 0 Å². The molecule has 0 fully saturated rings. The maximum atomic E-state index is 6.73. The second-order valence-corrected chi connectivity index (χ2v) is 8.63. The predicted octanol–water partition coefficient (Wildman–Crippen LogP) is 7.68. The average molecular weight is 479 g/mol. The van der Waals surface area contributed by atoms with Gasteiger partial charge < -0.3 is 0 Å². The van der Waals surface area contributed by atoms with Crippen LogP contribution in [0.3, 0.4) is 0 Å². The van der Waals surface area contributed by atoms with E-state index in [4.69, 9.17) is 16.6 Å². The first kappa shape index (κ1) is 18.4. The minimum Gasteiger partial charge on any atom is -0.248 e. The molecule has 0 unspecified atom stereocenters. The fraction of sp³-hybridized carbons (Fsp3) is 0. The summed E-state index contributed by atoms with van der Waals surface area (Å²) in [5.74, 6) is 0. The van der Waals surface area contributed by atoms with E-state index in [1.54, 1.807) is 0 Å². The Morgan fingerprint density at radius 2 is 1.66 bits per heavy atom. The number of pyridine rings is 1. The van der Waals surface area contributed by atoms with Crippen LogP contribution in [0.4, 0.5) is 5.13 Å². The summed E-state index contributed by atoms with van der Waals surface area (Å²) in [5, 5.41) is 5.27. The number of fused-ring (bicyclic) bond motifs is 2. The highest BCUT2D eigenvalue weighted by Gasteiger charge is 2.11. The Hall–Kier alpha value is -2.60. The summed E-state index contributed by atoms with van der Waals surface area (Å²) in [6.07, 6.45) is 1.83. The van der Waals surface area contributed by atoms with Crippen LogP contribution < -0.4 is 0 Å². The molecule has 140 valence electrons. The lowest BCUT2D eigenvalue weighted by Gasteiger charge is -2.07. The number of aromatic nitrogens is 2. The van der Waals surface area contributed by atoms with Gasteiger partial charge in [0.05, 0.1) is 21.7 Å². The van der Waals surface area contributed by atoms with Gasteiger partial charge in [-0.15, -0.1) is 11.3 Å². The van der Waals surface area contributed by atoms with E-state index in [9.17, 15) is 0 Å². The summed E-state index contributed by atoms with van der Waals surface area (Å²) >= 11 is 11.7. The molecule has 29 heavy (non-hydrogen) atoms. The van der Waals surface area contributed by atoms with Crippen molar-refractivity contribution in [3.8, 4) is 11.3 Å². The van der Waals surface area contributed by atoms with Crippen molar-refractivity contribution >= 4 is 72.0 Å². The molecule has 0 atom stereocenters. The molecule has 0 radical (unpaired) electrons. The Kier molecular flexibility index (Phi) is 4.87. The zero-order valence-corrected chi connectivity index (χ0v) is 18.2. The minimum absolute atomic E-state index is 0.700. The lowest BCUT2D eigenvalue weighted by Crippen LogP contribution is -1.86. The van der Waals surface area contributed by atoms with Crippen molar-refractivity contribution in [2.75, 3.05) is 0 Å². The number of aliphatic imine (C=N–C) groups is 1. The first-order chi connectivity index (χ1) is 14.2. The Morgan fingerprint density at radius 3 is 2.48 bits per heavy atom. The van der Waals surface area contributed by atoms with E-state index >= 15 is 0 Å². The molecule has 2 heterocycles. The smallest absolute Gasteiger partial charge is 0.209 e. The van der Waals surface area contributed by atoms with E-state index in [0.29, 0.717) is 5.02 Å². The van der Waals surface area contributed by atoms with Gasteiger partial charge in [-0.05, 0) is 35.9 Å². The summed E-state index contributed by atoms with van der Waals surface area (Å²) < 4.78 is 0.977. The second kappa shape index (κ2) is 7.67. The quantitative estimate of drug-likeness (QED) is 0.197. The van der Waals surface area contributed by atoms with Gasteiger partial charge in [0.15, 0.2) is 0 Å². The van der Waals surface area contributed by atoms with Gasteiger partial charge in [0.2, 0.25) is 5.13 Å². The Labute approximate surface area is 184 Å². The number of thiazole rings is 1. The maximum Gasteiger partial charge on any atom is 0.209 e. The van der Waals surface area contributed by atoms with Crippen molar-refractivity contribution in [1.29, 1.82) is 0 Å². The van der Waals surface area contributed by atoms with Crippen molar-refractivity contribution in [3.05, 3.63) is 87.2 Å². The van der Waals surface area contributed by atoms with Gasteiger partial charge in [0, 0.05) is 32.4 Å². The highest BCUT2D eigenvalue weighted by Crippen LogP contribution is 2.35. The standard InChI is InChI=1S/C23H13BrClN3S/c24-16-7-9-20-18(11-16)22(25)17-10-15(6-8-19(17)27-20)21-13-29-23(28-21)26-12-14-4-2-1-3-5-14/h1-13H/b26-12+. The van der Waals surface area contributed by atoms with Gasteiger partial charge in [-0.2, -0.15) is 0 Å². The van der Waals surface area contributed by atoms with Crippen LogP contribution in [0.5, 0.6) is 0 Å². The number of hydrogen-bond acceptors (Lipinski definition) is 4. The Bertz CT molecular complexity index is 1380. The molecule has 0 N–H and O–H groups in total. The van der Waals surface area contributed by atoms with Crippen molar-refractivity contribution in [3.63, 3.8) is 0 Å². The largest absolute Gasteiger partial charge is 0.248 e. The molecule has 5 aromatic rings. The summed E-state index contributed by atoms with van der Waals surface area (Å²) in [6.45, 7) is 0. The molecule has 0 amide bonds. The molecule has 0 saturated heterocycles. The molecule has 0 aliphatic rings. The van der Waals surface area contributed by atoms with Gasteiger partial charge in [0.25, 0.3) is 0 Å². The molecule has 2 aromatic heterocycles. The summed E-state index contributed by atoms with van der Waals surface area (Å²) in [5.41, 5.74) is 4.66. The Balaban J connectivity index is 1.54. The number of rotatable bonds is 3. The summed E-state index contributed by atoms with van der Waals surface area (Å²) in [4.78, 5) is 13.9. The normalized spacial score (nSPS) is 11.7. The SMILES string of the molecule is Clc1c2cc(Br)ccc2nc2ccc(-c3csc(/N=C/c4ccccc4)n3)cc12. The number of benzene rings is 3. The van der Waals surface area contributed by atoms with Crippen LogP contribution in [-0.4, -0.2) is 16.2 Å². The van der Waals surface area contributed by atoms with Crippen molar-refractivity contribution < 1.29 is 0 Å². The molecule has 6 heteroatoms. The molecule has 0 aliphatic heterocycles. The van der Waals surface area contributed by atoms with Gasteiger partial charge >= 0.3 is 0 Å². The lowest BCUT2D eigenvalue weighted by atomic mass is 10.1. The fourth-order valence-electron chi connectivity index (χ4n) is 3.15. The first-order valence-electron chi connectivity index (χ1n) is 8.91. The summed E-state index contributed by atoms with van der Waals surface area (Å²) in [7, 11) is 0. The zero-order valence-electron chi connectivity index (χ0n) is 15.0. The first-order valence-corrected chi connectivity index (χ1v) is 11.0. The highest BCUT2D eigenvalue weighted by atomic mass is 79.9. The Morgan fingerprint density at radius 1 is 0.897 bits per heavy atom. The lowest BCUT2D eigenvalue weighted by molar-refractivity contribution is 1.36. The molecule has 5 rings (SSSR count). The highest BCUT2D eigenvalue weighted by molar-refractivity contribution is 9.10. The van der Waals surface area contributed by atoms with Crippen LogP contribution in [0, 0.1) is 0 Å². The average Bonchev–Trinajstić information content (AvgIpc) is 3.23. The van der Waals surface area contributed by atoms with E-state index in [0.717, 1.165) is 48.2 Å². The van der Waals surface area contributed by atoms with Crippen molar-refractivity contribution in [2.24, 2.45) is 4.99 Å². The van der Waals surface area contributed by atoms with E-state index < -0.39 is 0 Å². The third-order valence-corrected chi connectivity index (χ3v) is 6.23. The molecule has 0 spiro atoms. The third kappa shape index (κ3) is 3.69. The maximum absolute atomic E-state index is 6.73. The molecule has 0 bridgehead atoms. The molecule has 3 nitrogen and oxygen atoms in total.